The molecule has 0 aromatic heterocycles. The number of amides is 1. The number of halogens is 2. The highest BCUT2D eigenvalue weighted by molar-refractivity contribution is 14.1. The smallest absolute Gasteiger partial charge is 0.255 e. The van der Waals surface area contributed by atoms with Crippen LogP contribution in [-0.4, -0.2) is 65.1 Å². The first-order chi connectivity index (χ1) is 16.5. The summed E-state index contributed by atoms with van der Waals surface area (Å²) in [5.41, 5.74) is 2.93. The lowest BCUT2D eigenvalue weighted by molar-refractivity contribution is 0.0947. The maximum Gasteiger partial charge on any atom is 0.255 e. The van der Waals surface area contributed by atoms with Crippen LogP contribution in [0.3, 0.4) is 0 Å². The molecule has 0 aliphatic carbocycles. The maximum atomic E-state index is 12.8. The Balaban J connectivity index is 1.49. The summed E-state index contributed by atoms with van der Waals surface area (Å²) in [5.74, 6) is 1.98. The fourth-order valence-corrected chi connectivity index (χ4v) is 4.66. The Labute approximate surface area is 214 Å². The molecular formula is C25H32FIN2O5. The molecule has 1 aliphatic rings. The van der Waals surface area contributed by atoms with Crippen LogP contribution in [0, 0.1) is 3.57 Å². The number of unbranched alkanes of at least 4 members (excludes halogenated alkanes) is 1. The molecule has 9 heteroatoms. The average Bonchev–Trinajstić information content (AvgIpc) is 2.85. The minimum atomic E-state index is -0.641. The van der Waals surface area contributed by atoms with Gasteiger partial charge in [-0.15, -0.1) is 0 Å². The van der Waals surface area contributed by atoms with Crippen LogP contribution in [-0.2, 0) is 13.0 Å². The van der Waals surface area contributed by atoms with Crippen molar-refractivity contribution in [3.8, 4) is 23.0 Å². The SMILES string of the molecule is COc1cc2c(cc1OC)CN(CCCCNC(=O)c1cc([123I])cc(OC)c1OCCF)CC2. The molecule has 7 nitrogen and oxygen atoms in total. The summed E-state index contributed by atoms with van der Waals surface area (Å²) in [5, 5.41) is 2.95. The summed E-state index contributed by atoms with van der Waals surface area (Å²) in [7, 11) is 4.81. The van der Waals surface area contributed by atoms with Gasteiger partial charge in [-0.2, -0.15) is 0 Å². The molecule has 1 aliphatic heterocycles. The summed E-state index contributed by atoms with van der Waals surface area (Å²) in [6.45, 7) is 2.59. The molecule has 0 saturated carbocycles. The zero-order valence-corrected chi connectivity index (χ0v) is 22.1. The standard InChI is InChI=1S/C25H32FIN2O5/c1-31-21-12-17-6-10-29(16-18(17)13-22(21)32-2)9-5-4-8-28-25(30)20-14-19(27)15-23(33-3)24(20)34-11-7-26/h12-15H,4-11,16H2,1-3H3,(H,28,30)/i27-4. The Morgan fingerprint density at radius 2 is 1.74 bits per heavy atom. The van der Waals surface area contributed by atoms with E-state index < -0.39 is 6.67 Å². The van der Waals surface area contributed by atoms with Crippen molar-refractivity contribution in [2.75, 3.05) is 54.2 Å². The van der Waals surface area contributed by atoms with Crippen molar-refractivity contribution in [1.29, 1.82) is 0 Å². The summed E-state index contributed by atoms with van der Waals surface area (Å²) in [6.07, 6.45) is 2.79. The fraction of sp³-hybridized carbons (Fsp3) is 0.480. The first kappa shape index (κ1) is 26.3. The highest BCUT2D eigenvalue weighted by atomic mass is 123. The predicted octanol–water partition coefficient (Wildman–Crippen LogP) is 4.23. The van der Waals surface area contributed by atoms with Crippen LogP contribution >= 0.6 is 22.6 Å². The van der Waals surface area contributed by atoms with Gasteiger partial charge in [0, 0.05) is 23.2 Å². The Bertz CT molecular complexity index is 988. The second kappa shape index (κ2) is 13.0. The summed E-state index contributed by atoms with van der Waals surface area (Å²) in [4.78, 5) is 15.2. The second-order valence-corrected chi connectivity index (χ2v) is 9.23. The monoisotopic (exact) mass is 582 g/mol. The van der Waals surface area contributed by atoms with E-state index in [9.17, 15) is 9.18 Å². The highest BCUT2D eigenvalue weighted by Gasteiger charge is 2.20. The number of hydrogen-bond acceptors (Lipinski definition) is 6. The van der Waals surface area contributed by atoms with Gasteiger partial charge in [-0.25, -0.2) is 4.39 Å². The van der Waals surface area contributed by atoms with Crippen molar-refractivity contribution in [2.24, 2.45) is 0 Å². The van der Waals surface area contributed by atoms with Crippen LogP contribution in [0.1, 0.15) is 34.3 Å². The van der Waals surface area contributed by atoms with E-state index in [1.807, 2.05) is 0 Å². The summed E-state index contributed by atoms with van der Waals surface area (Å²) in [6, 6.07) is 7.62. The number of nitrogens with zero attached hydrogens (tertiary/aromatic N) is 1. The molecule has 0 unspecified atom stereocenters. The normalized spacial score (nSPS) is 13.2. The first-order valence-electron chi connectivity index (χ1n) is 11.3. The van der Waals surface area contributed by atoms with E-state index in [2.05, 4.69) is 44.9 Å². The van der Waals surface area contributed by atoms with Crippen LogP contribution in [0.2, 0.25) is 0 Å². The van der Waals surface area contributed by atoms with E-state index in [4.69, 9.17) is 18.9 Å². The third-order valence-corrected chi connectivity index (χ3v) is 6.41. The third kappa shape index (κ3) is 6.65. The molecule has 34 heavy (non-hydrogen) atoms. The molecule has 0 radical (unpaired) electrons. The molecule has 0 spiro atoms. The quantitative estimate of drug-likeness (QED) is 0.299. The van der Waals surface area contributed by atoms with Crippen molar-refractivity contribution < 1.29 is 28.1 Å². The van der Waals surface area contributed by atoms with Crippen LogP contribution in [0.4, 0.5) is 4.39 Å². The number of fused-ring (bicyclic) bond motifs is 1. The lowest BCUT2D eigenvalue weighted by Crippen LogP contribution is -2.32. The Morgan fingerprint density at radius 1 is 1.03 bits per heavy atom. The molecule has 0 bridgehead atoms. The molecular weight excluding hydrogens is 550 g/mol. The van der Waals surface area contributed by atoms with E-state index in [1.165, 1.54) is 18.2 Å². The lowest BCUT2D eigenvalue weighted by Gasteiger charge is -2.29. The van der Waals surface area contributed by atoms with Crippen molar-refractivity contribution in [1.82, 2.24) is 10.2 Å². The molecule has 2 aromatic rings. The van der Waals surface area contributed by atoms with Gasteiger partial charge in [0.1, 0.15) is 13.3 Å². The fourth-order valence-electron chi connectivity index (χ4n) is 4.07. The van der Waals surface area contributed by atoms with Crippen LogP contribution in [0.25, 0.3) is 0 Å². The van der Waals surface area contributed by atoms with E-state index in [1.54, 1.807) is 26.4 Å². The van der Waals surface area contributed by atoms with Crippen molar-refractivity contribution >= 4 is 28.5 Å². The molecule has 0 saturated heterocycles. The van der Waals surface area contributed by atoms with Gasteiger partial charge in [-0.05, 0) is 83.8 Å². The molecule has 1 N–H and O–H groups in total. The van der Waals surface area contributed by atoms with Crippen molar-refractivity contribution in [2.45, 2.75) is 25.8 Å². The largest absolute Gasteiger partial charge is 0.493 e. The van der Waals surface area contributed by atoms with Crippen molar-refractivity contribution in [3.05, 3.63) is 44.5 Å². The first-order valence-corrected chi connectivity index (χ1v) is 12.4. The molecule has 0 fully saturated rings. The highest BCUT2D eigenvalue weighted by Crippen LogP contribution is 2.34. The molecule has 186 valence electrons. The topological polar surface area (TPSA) is 69.3 Å². The number of methoxy groups -OCH3 is 3. The van der Waals surface area contributed by atoms with Gasteiger partial charge in [0.15, 0.2) is 23.0 Å². The van der Waals surface area contributed by atoms with E-state index in [0.29, 0.717) is 17.9 Å². The minimum Gasteiger partial charge on any atom is -0.493 e. The van der Waals surface area contributed by atoms with Gasteiger partial charge in [-0.3, -0.25) is 9.69 Å². The van der Waals surface area contributed by atoms with E-state index in [0.717, 1.165) is 54.0 Å². The number of hydrogen-bond donors (Lipinski definition) is 1. The van der Waals surface area contributed by atoms with E-state index in [-0.39, 0.29) is 18.3 Å². The summed E-state index contributed by atoms with van der Waals surface area (Å²) >= 11 is 2.12. The lowest BCUT2D eigenvalue weighted by atomic mass is 9.98. The van der Waals surface area contributed by atoms with Crippen molar-refractivity contribution in [3.63, 3.8) is 0 Å². The minimum absolute atomic E-state index is 0.130. The number of alkyl halides is 1. The van der Waals surface area contributed by atoms with Gasteiger partial charge in [-0.1, -0.05) is 0 Å². The van der Waals surface area contributed by atoms with Gasteiger partial charge in [0.25, 0.3) is 5.91 Å². The predicted molar refractivity (Wildman–Crippen MR) is 137 cm³/mol. The second-order valence-electron chi connectivity index (χ2n) is 7.99. The number of nitrogens with one attached hydrogen (secondary N) is 1. The number of ether oxygens (including phenoxy) is 4. The van der Waals surface area contributed by atoms with Gasteiger partial charge in [0.05, 0.1) is 26.9 Å². The van der Waals surface area contributed by atoms with E-state index >= 15 is 0 Å². The maximum absolute atomic E-state index is 12.8. The molecule has 1 heterocycles. The molecule has 3 rings (SSSR count). The number of benzene rings is 2. The number of carbonyl (C=O) groups is 1. The molecule has 1 amide bonds. The number of rotatable bonds is 12. The Morgan fingerprint density at radius 3 is 2.41 bits per heavy atom. The van der Waals surface area contributed by atoms with Crippen LogP contribution in [0.5, 0.6) is 23.0 Å². The van der Waals surface area contributed by atoms with Crippen LogP contribution in [0.15, 0.2) is 24.3 Å². The third-order valence-electron chi connectivity index (χ3n) is 5.79. The number of carbonyl (C=O) groups excluding carboxylic acids is 1. The van der Waals surface area contributed by atoms with Gasteiger partial charge >= 0.3 is 0 Å². The van der Waals surface area contributed by atoms with Gasteiger partial charge < -0.3 is 24.3 Å². The molecule has 0 atom stereocenters. The average molecular weight is 582 g/mol. The van der Waals surface area contributed by atoms with Crippen LogP contribution < -0.4 is 24.3 Å². The zero-order chi connectivity index (χ0) is 24.5. The Kier molecular flexibility index (Phi) is 10.1. The van der Waals surface area contributed by atoms with Gasteiger partial charge in [0.2, 0.25) is 0 Å². The molecule has 2 aromatic carbocycles. The Hall–Kier alpha value is -2.27. The zero-order valence-electron chi connectivity index (χ0n) is 19.9. The summed E-state index contributed by atoms with van der Waals surface area (Å²) < 4.78 is 35.1.